The molecule has 0 aromatic heterocycles. The fourth-order valence-electron chi connectivity index (χ4n) is 3.26. The summed E-state index contributed by atoms with van der Waals surface area (Å²) in [7, 11) is 0. The fraction of sp³-hybridized carbons (Fsp3) is 0.929. The molecule has 4 nitrogen and oxygen atoms in total. The first-order valence-corrected chi connectivity index (χ1v) is 7.39. The topological polar surface area (TPSA) is 43.8 Å². The van der Waals surface area contributed by atoms with Gasteiger partial charge in [-0.3, -0.25) is 9.69 Å². The molecule has 0 radical (unpaired) electrons. The van der Waals surface area contributed by atoms with Gasteiger partial charge in [-0.05, 0) is 39.2 Å². The Kier molecular flexibility index (Phi) is 5.01. The summed E-state index contributed by atoms with van der Waals surface area (Å²) in [5.74, 6) is 0.261. The van der Waals surface area contributed by atoms with Gasteiger partial charge in [0.2, 0.25) is 5.91 Å². The van der Waals surface area contributed by atoms with Gasteiger partial charge in [-0.15, -0.1) is 0 Å². The van der Waals surface area contributed by atoms with Gasteiger partial charge in [0.15, 0.2) is 0 Å². The van der Waals surface area contributed by atoms with Crippen molar-refractivity contribution in [1.82, 2.24) is 9.80 Å². The van der Waals surface area contributed by atoms with Crippen LogP contribution in [0.4, 0.5) is 0 Å². The summed E-state index contributed by atoms with van der Waals surface area (Å²) in [6.45, 7) is 4.96. The van der Waals surface area contributed by atoms with Gasteiger partial charge >= 0.3 is 0 Å². The normalized spacial score (nSPS) is 28.1. The first-order chi connectivity index (χ1) is 8.74. The molecule has 2 aliphatic heterocycles. The van der Waals surface area contributed by atoms with Crippen LogP contribution >= 0.6 is 0 Å². The fourth-order valence-corrected chi connectivity index (χ4v) is 3.26. The highest BCUT2D eigenvalue weighted by Crippen LogP contribution is 2.21. The maximum Gasteiger partial charge on any atom is 0.239 e. The van der Waals surface area contributed by atoms with Crippen molar-refractivity contribution in [1.29, 1.82) is 0 Å². The highest BCUT2D eigenvalue weighted by atomic mass is 16.3. The van der Waals surface area contributed by atoms with Gasteiger partial charge in [-0.25, -0.2) is 0 Å². The van der Waals surface area contributed by atoms with Crippen LogP contribution in [0.2, 0.25) is 0 Å². The molecule has 2 fully saturated rings. The third-order valence-electron chi connectivity index (χ3n) is 4.41. The zero-order chi connectivity index (χ0) is 13.0. The van der Waals surface area contributed by atoms with E-state index in [0.717, 1.165) is 45.3 Å². The minimum Gasteiger partial charge on any atom is -0.395 e. The molecule has 0 aromatic rings. The van der Waals surface area contributed by atoms with Crippen LogP contribution in [0, 0.1) is 0 Å². The molecule has 1 amide bonds. The second-order valence-electron chi connectivity index (χ2n) is 5.63. The summed E-state index contributed by atoms with van der Waals surface area (Å²) < 4.78 is 0. The summed E-state index contributed by atoms with van der Waals surface area (Å²) in [4.78, 5) is 16.7. The van der Waals surface area contributed by atoms with E-state index in [-0.39, 0.29) is 24.6 Å². The van der Waals surface area contributed by atoms with E-state index in [4.69, 9.17) is 0 Å². The lowest BCUT2D eigenvalue weighted by atomic mass is 10.2. The van der Waals surface area contributed by atoms with Crippen molar-refractivity contribution < 1.29 is 9.90 Å². The molecule has 2 rings (SSSR count). The number of hydrogen-bond donors (Lipinski definition) is 1. The zero-order valence-corrected chi connectivity index (χ0v) is 11.5. The van der Waals surface area contributed by atoms with Crippen LogP contribution in [0.1, 0.15) is 45.4 Å². The smallest absolute Gasteiger partial charge is 0.239 e. The first kappa shape index (κ1) is 13.8. The van der Waals surface area contributed by atoms with Gasteiger partial charge in [0.25, 0.3) is 0 Å². The molecule has 0 spiro atoms. The van der Waals surface area contributed by atoms with E-state index in [1.807, 2.05) is 11.8 Å². The summed E-state index contributed by atoms with van der Waals surface area (Å²) in [5.41, 5.74) is 0. The highest BCUT2D eigenvalue weighted by Gasteiger charge is 2.33. The number of hydrogen-bond acceptors (Lipinski definition) is 3. The standard InChI is InChI=1S/C14H26N2O2/c1-12(16-10-6-7-13(16)11-17)14(18)15-8-4-2-3-5-9-15/h12-13,17H,2-11H2,1H3. The molecule has 0 aromatic carbocycles. The molecule has 2 unspecified atom stereocenters. The van der Waals surface area contributed by atoms with Crippen LogP contribution in [-0.2, 0) is 4.79 Å². The summed E-state index contributed by atoms with van der Waals surface area (Å²) in [5, 5.41) is 9.36. The predicted octanol–water partition coefficient (Wildman–Crippen LogP) is 1.23. The van der Waals surface area contributed by atoms with E-state index in [1.165, 1.54) is 12.8 Å². The molecule has 0 bridgehead atoms. The second-order valence-corrected chi connectivity index (χ2v) is 5.63. The van der Waals surface area contributed by atoms with Crippen LogP contribution in [-0.4, -0.2) is 59.1 Å². The van der Waals surface area contributed by atoms with Crippen molar-refractivity contribution in [2.45, 2.75) is 57.5 Å². The van der Waals surface area contributed by atoms with Crippen LogP contribution in [0.3, 0.4) is 0 Å². The minimum absolute atomic E-state index is 0.0669. The highest BCUT2D eigenvalue weighted by molar-refractivity contribution is 5.81. The Hall–Kier alpha value is -0.610. The summed E-state index contributed by atoms with van der Waals surface area (Å²) in [6, 6.07) is 0.124. The molecule has 18 heavy (non-hydrogen) atoms. The summed E-state index contributed by atoms with van der Waals surface area (Å²) >= 11 is 0. The number of amides is 1. The largest absolute Gasteiger partial charge is 0.395 e. The zero-order valence-electron chi connectivity index (χ0n) is 11.5. The molecule has 2 saturated heterocycles. The lowest BCUT2D eigenvalue weighted by molar-refractivity contribution is -0.137. The maximum absolute atomic E-state index is 12.5. The van der Waals surface area contributed by atoms with Crippen molar-refractivity contribution in [3.05, 3.63) is 0 Å². The number of carbonyl (C=O) groups excluding carboxylic acids is 1. The second kappa shape index (κ2) is 6.53. The van der Waals surface area contributed by atoms with Crippen molar-refractivity contribution in [2.75, 3.05) is 26.2 Å². The van der Waals surface area contributed by atoms with Gasteiger partial charge in [0, 0.05) is 19.1 Å². The summed E-state index contributed by atoms with van der Waals surface area (Å²) in [6.07, 6.45) is 6.91. The third kappa shape index (κ3) is 3.04. The number of likely N-dealkylation sites (tertiary alicyclic amines) is 2. The molecule has 0 aliphatic carbocycles. The van der Waals surface area contributed by atoms with Crippen LogP contribution < -0.4 is 0 Å². The van der Waals surface area contributed by atoms with E-state index in [0.29, 0.717) is 0 Å². The number of rotatable bonds is 3. The van der Waals surface area contributed by atoms with Gasteiger partial charge < -0.3 is 10.0 Å². The molecule has 2 atom stereocenters. The van der Waals surface area contributed by atoms with E-state index >= 15 is 0 Å². The number of nitrogens with zero attached hydrogens (tertiary/aromatic N) is 2. The SMILES string of the molecule is CC(C(=O)N1CCCCCC1)N1CCCC1CO. The van der Waals surface area contributed by atoms with Gasteiger partial charge in [-0.1, -0.05) is 12.8 Å². The molecule has 4 heteroatoms. The maximum atomic E-state index is 12.5. The van der Waals surface area contributed by atoms with Gasteiger partial charge in [-0.2, -0.15) is 0 Å². The first-order valence-electron chi connectivity index (χ1n) is 7.39. The molecular weight excluding hydrogens is 228 g/mol. The molecule has 2 heterocycles. The number of aliphatic hydroxyl groups is 1. The number of aliphatic hydroxyl groups excluding tert-OH is 1. The van der Waals surface area contributed by atoms with Crippen molar-refractivity contribution in [2.24, 2.45) is 0 Å². The average Bonchev–Trinajstić information content (AvgIpc) is 2.70. The Bertz CT molecular complexity index is 275. The quantitative estimate of drug-likeness (QED) is 0.824. The Morgan fingerprint density at radius 3 is 2.44 bits per heavy atom. The van der Waals surface area contributed by atoms with Crippen molar-refractivity contribution in [3.8, 4) is 0 Å². The van der Waals surface area contributed by atoms with Crippen LogP contribution in [0.5, 0.6) is 0 Å². The lowest BCUT2D eigenvalue weighted by Gasteiger charge is -2.32. The lowest BCUT2D eigenvalue weighted by Crippen LogP contribution is -2.49. The van der Waals surface area contributed by atoms with E-state index in [1.54, 1.807) is 0 Å². The Morgan fingerprint density at radius 1 is 1.17 bits per heavy atom. The number of carbonyl (C=O) groups is 1. The van der Waals surface area contributed by atoms with Crippen LogP contribution in [0.15, 0.2) is 0 Å². The van der Waals surface area contributed by atoms with Crippen molar-refractivity contribution in [3.63, 3.8) is 0 Å². The third-order valence-corrected chi connectivity index (χ3v) is 4.41. The van der Waals surface area contributed by atoms with E-state index in [2.05, 4.69) is 4.90 Å². The Labute approximate surface area is 110 Å². The molecule has 104 valence electrons. The molecule has 0 saturated carbocycles. The minimum atomic E-state index is -0.0669. The molecular formula is C14H26N2O2. The van der Waals surface area contributed by atoms with Gasteiger partial charge in [0.05, 0.1) is 12.6 Å². The Balaban J connectivity index is 1.94. The van der Waals surface area contributed by atoms with E-state index < -0.39 is 0 Å². The monoisotopic (exact) mass is 254 g/mol. The molecule has 2 aliphatic rings. The molecule has 1 N–H and O–H groups in total. The van der Waals surface area contributed by atoms with Gasteiger partial charge in [0.1, 0.15) is 0 Å². The van der Waals surface area contributed by atoms with Crippen LogP contribution in [0.25, 0.3) is 0 Å². The predicted molar refractivity (Wildman–Crippen MR) is 71.3 cm³/mol. The van der Waals surface area contributed by atoms with Crippen molar-refractivity contribution >= 4 is 5.91 Å². The Morgan fingerprint density at radius 2 is 1.83 bits per heavy atom. The van der Waals surface area contributed by atoms with E-state index in [9.17, 15) is 9.90 Å². The average molecular weight is 254 g/mol.